The van der Waals surface area contributed by atoms with E-state index in [1.54, 1.807) is 37.4 Å². The van der Waals surface area contributed by atoms with E-state index in [-0.39, 0.29) is 5.91 Å². The topological polar surface area (TPSA) is 59.9 Å². The molecule has 118 valence electrons. The number of rotatable bonds is 4. The summed E-state index contributed by atoms with van der Waals surface area (Å²) in [5, 5.41) is 7.37. The lowest BCUT2D eigenvalue weighted by molar-refractivity contribution is -0.125. The number of hydrogen-bond acceptors (Lipinski definition) is 4. The van der Waals surface area contributed by atoms with Crippen molar-refractivity contribution < 1.29 is 14.4 Å². The molecule has 0 aromatic heterocycles. The number of amides is 1. The van der Waals surface area contributed by atoms with Gasteiger partial charge in [-0.05, 0) is 30.3 Å². The molecule has 3 rings (SSSR count). The number of halogens is 1. The van der Waals surface area contributed by atoms with Crippen LogP contribution in [0.15, 0.2) is 53.7 Å². The number of hydrogen-bond donors (Lipinski definition) is 1. The van der Waals surface area contributed by atoms with Crippen LogP contribution >= 0.6 is 11.6 Å². The summed E-state index contributed by atoms with van der Waals surface area (Å²) in [5.74, 6) is 0.477. The highest BCUT2D eigenvalue weighted by atomic mass is 35.5. The van der Waals surface area contributed by atoms with Gasteiger partial charge in [0.15, 0.2) is 0 Å². The summed E-state index contributed by atoms with van der Waals surface area (Å²) in [6.07, 6.45) is -0.283. The van der Waals surface area contributed by atoms with E-state index in [4.69, 9.17) is 21.2 Å². The summed E-state index contributed by atoms with van der Waals surface area (Å²) in [6, 6.07) is 14.4. The van der Waals surface area contributed by atoms with Crippen molar-refractivity contribution in [1.82, 2.24) is 0 Å². The first kappa shape index (κ1) is 15.4. The number of benzene rings is 2. The minimum Gasteiger partial charge on any atom is -0.497 e. The van der Waals surface area contributed by atoms with Crippen LogP contribution in [0.25, 0.3) is 0 Å². The van der Waals surface area contributed by atoms with Crippen LogP contribution in [0, 0.1) is 0 Å². The lowest BCUT2D eigenvalue weighted by Gasteiger charge is -2.10. The molecular formula is C17H15ClN2O3. The molecule has 0 spiro atoms. The zero-order chi connectivity index (χ0) is 16.2. The van der Waals surface area contributed by atoms with Gasteiger partial charge >= 0.3 is 0 Å². The summed E-state index contributed by atoms with van der Waals surface area (Å²) < 4.78 is 5.08. The first-order chi connectivity index (χ1) is 11.2. The summed E-state index contributed by atoms with van der Waals surface area (Å²) in [5.41, 5.74) is 2.13. The zero-order valence-corrected chi connectivity index (χ0v) is 13.2. The lowest BCUT2D eigenvalue weighted by atomic mass is 10.0. The molecule has 1 aliphatic heterocycles. The van der Waals surface area contributed by atoms with Gasteiger partial charge in [0.1, 0.15) is 5.75 Å². The van der Waals surface area contributed by atoms with Crippen molar-refractivity contribution >= 4 is 28.9 Å². The minimum absolute atomic E-state index is 0.249. The van der Waals surface area contributed by atoms with Crippen molar-refractivity contribution in [3.05, 3.63) is 59.1 Å². The fraction of sp³-hybridized carbons (Fsp3) is 0.176. The lowest BCUT2D eigenvalue weighted by Crippen LogP contribution is -2.28. The third-order valence-electron chi connectivity index (χ3n) is 3.50. The number of oxime groups is 1. The molecule has 0 saturated carbocycles. The van der Waals surface area contributed by atoms with Crippen LogP contribution in [0.2, 0.25) is 5.02 Å². The summed E-state index contributed by atoms with van der Waals surface area (Å²) in [6.45, 7) is 0. The van der Waals surface area contributed by atoms with Crippen LogP contribution in [0.5, 0.6) is 5.75 Å². The van der Waals surface area contributed by atoms with Crippen molar-refractivity contribution in [2.45, 2.75) is 12.5 Å². The Kier molecular flexibility index (Phi) is 4.48. The number of ether oxygens (including phenoxy) is 1. The third-order valence-corrected chi connectivity index (χ3v) is 3.83. The molecule has 0 unspecified atom stereocenters. The van der Waals surface area contributed by atoms with Crippen LogP contribution in [-0.4, -0.2) is 24.8 Å². The molecule has 2 aromatic carbocycles. The Labute approximate surface area is 138 Å². The highest BCUT2D eigenvalue weighted by Gasteiger charge is 2.29. The van der Waals surface area contributed by atoms with Gasteiger partial charge in [0.05, 0.1) is 12.8 Å². The Morgan fingerprint density at radius 2 is 2.00 bits per heavy atom. The smallest absolute Gasteiger partial charge is 0.268 e. The Balaban J connectivity index is 1.63. The predicted octanol–water partition coefficient (Wildman–Crippen LogP) is 3.48. The van der Waals surface area contributed by atoms with Gasteiger partial charge in [0, 0.05) is 22.7 Å². The molecule has 6 heteroatoms. The van der Waals surface area contributed by atoms with E-state index >= 15 is 0 Å². The predicted molar refractivity (Wildman–Crippen MR) is 89.1 cm³/mol. The van der Waals surface area contributed by atoms with Gasteiger partial charge in [-0.2, -0.15) is 0 Å². The SMILES string of the molecule is COc1ccc(NC(=O)[C@H]2CC(c3ccccc3Cl)=NO2)cc1. The van der Waals surface area contributed by atoms with Gasteiger partial charge in [-0.25, -0.2) is 0 Å². The second-order valence-corrected chi connectivity index (χ2v) is 5.44. The van der Waals surface area contributed by atoms with E-state index in [1.807, 2.05) is 18.2 Å². The van der Waals surface area contributed by atoms with Crippen LogP contribution in [0.4, 0.5) is 5.69 Å². The number of anilines is 1. The Morgan fingerprint density at radius 3 is 2.70 bits per heavy atom. The molecule has 0 aliphatic carbocycles. The van der Waals surface area contributed by atoms with Gasteiger partial charge < -0.3 is 14.9 Å². The zero-order valence-electron chi connectivity index (χ0n) is 12.5. The summed E-state index contributed by atoms with van der Waals surface area (Å²) >= 11 is 6.14. The number of carbonyl (C=O) groups is 1. The standard InChI is InChI=1S/C17H15ClN2O3/c1-22-12-8-6-11(7-9-12)19-17(21)16-10-15(20-23-16)13-4-2-3-5-14(13)18/h2-9,16H,10H2,1H3,(H,19,21)/t16-/m1/s1. The van der Waals surface area contributed by atoms with Crippen molar-refractivity contribution in [3.63, 3.8) is 0 Å². The van der Waals surface area contributed by atoms with Crippen molar-refractivity contribution in [3.8, 4) is 5.75 Å². The van der Waals surface area contributed by atoms with Crippen LogP contribution in [0.1, 0.15) is 12.0 Å². The van der Waals surface area contributed by atoms with Crippen LogP contribution in [-0.2, 0) is 9.63 Å². The van der Waals surface area contributed by atoms with Crippen molar-refractivity contribution in [2.24, 2.45) is 5.16 Å². The van der Waals surface area contributed by atoms with E-state index in [2.05, 4.69) is 10.5 Å². The van der Waals surface area contributed by atoms with Gasteiger partial charge in [0.2, 0.25) is 6.10 Å². The van der Waals surface area contributed by atoms with Crippen LogP contribution in [0.3, 0.4) is 0 Å². The van der Waals surface area contributed by atoms with Gasteiger partial charge in [-0.15, -0.1) is 0 Å². The van der Waals surface area contributed by atoms with Gasteiger partial charge in [-0.3, -0.25) is 4.79 Å². The number of carbonyl (C=O) groups excluding carboxylic acids is 1. The highest BCUT2D eigenvalue weighted by molar-refractivity contribution is 6.34. The van der Waals surface area contributed by atoms with Crippen LogP contribution < -0.4 is 10.1 Å². The second-order valence-electron chi connectivity index (χ2n) is 5.03. The molecule has 0 radical (unpaired) electrons. The monoisotopic (exact) mass is 330 g/mol. The van der Waals surface area contributed by atoms with E-state index in [1.165, 1.54) is 0 Å². The fourth-order valence-electron chi connectivity index (χ4n) is 2.27. The van der Waals surface area contributed by atoms with E-state index in [0.717, 1.165) is 11.3 Å². The van der Waals surface area contributed by atoms with Crippen molar-refractivity contribution in [1.29, 1.82) is 0 Å². The minimum atomic E-state index is -0.664. The maximum absolute atomic E-state index is 12.3. The highest BCUT2D eigenvalue weighted by Crippen LogP contribution is 2.24. The first-order valence-corrected chi connectivity index (χ1v) is 7.47. The number of methoxy groups -OCH3 is 1. The third kappa shape index (κ3) is 3.46. The average molecular weight is 331 g/mol. The molecule has 0 bridgehead atoms. The second kappa shape index (κ2) is 6.71. The molecule has 1 N–H and O–H groups in total. The maximum Gasteiger partial charge on any atom is 0.268 e. The Morgan fingerprint density at radius 1 is 1.26 bits per heavy atom. The molecule has 1 amide bonds. The molecule has 2 aromatic rings. The molecule has 5 nitrogen and oxygen atoms in total. The number of nitrogens with one attached hydrogen (secondary N) is 1. The maximum atomic E-state index is 12.3. The first-order valence-electron chi connectivity index (χ1n) is 7.10. The van der Waals surface area contributed by atoms with Gasteiger partial charge in [-0.1, -0.05) is 35.0 Å². The average Bonchev–Trinajstić information content (AvgIpc) is 3.06. The molecule has 0 fully saturated rings. The molecule has 1 atom stereocenters. The molecule has 23 heavy (non-hydrogen) atoms. The summed E-state index contributed by atoms with van der Waals surface area (Å²) in [4.78, 5) is 17.5. The Bertz CT molecular complexity index is 744. The van der Waals surface area contributed by atoms with E-state index in [0.29, 0.717) is 22.8 Å². The largest absolute Gasteiger partial charge is 0.497 e. The quantitative estimate of drug-likeness (QED) is 0.933. The molecular weight excluding hydrogens is 316 g/mol. The normalized spacial score (nSPS) is 16.4. The Hall–Kier alpha value is -2.53. The molecule has 1 aliphatic rings. The van der Waals surface area contributed by atoms with E-state index in [9.17, 15) is 4.79 Å². The summed E-state index contributed by atoms with van der Waals surface area (Å²) in [7, 11) is 1.59. The number of nitrogens with zero attached hydrogens (tertiary/aromatic N) is 1. The molecule has 1 heterocycles. The van der Waals surface area contributed by atoms with Crippen molar-refractivity contribution in [2.75, 3.05) is 12.4 Å². The van der Waals surface area contributed by atoms with Gasteiger partial charge in [0.25, 0.3) is 5.91 Å². The fourth-order valence-corrected chi connectivity index (χ4v) is 2.51. The molecule has 0 saturated heterocycles. The van der Waals surface area contributed by atoms with E-state index < -0.39 is 6.10 Å².